The van der Waals surface area contributed by atoms with Crippen molar-refractivity contribution in [3.63, 3.8) is 0 Å². The fraction of sp³-hybridized carbons (Fsp3) is 0.714. The van der Waals surface area contributed by atoms with Gasteiger partial charge in [-0.25, -0.2) is 4.98 Å². The highest BCUT2D eigenvalue weighted by Crippen LogP contribution is 2.36. The van der Waals surface area contributed by atoms with Crippen LogP contribution >= 0.6 is 0 Å². The quantitative estimate of drug-likeness (QED) is 0.610. The van der Waals surface area contributed by atoms with Gasteiger partial charge in [-0.15, -0.1) is 0 Å². The predicted octanol–water partition coefficient (Wildman–Crippen LogP) is 1.55. The van der Waals surface area contributed by atoms with Gasteiger partial charge in [0.2, 0.25) is 5.88 Å². The number of hydrogen-bond donors (Lipinski definition) is 4. The van der Waals surface area contributed by atoms with Crippen molar-refractivity contribution in [2.24, 2.45) is 23.5 Å². The third kappa shape index (κ3) is 5.51. The number of hydrogen-bond acceptors (Lipinski definition) is 5. The van der Waals surface area contributed by atoms with E-state index in [4.69, 9.17) is 15.4 Å². The molecule has 0 aliphatic heterocycles. The van der Waals surface area contributed by atoms with Crippen LogP contribution in [0, 0.1) is 17.8 Å². The number of amides is 1. The largest absolute Gasteiger partial charge is 0.492 e. The molecule has 1 aromatic rings. The van der Waals surface area contributed by atoms with Crippen molar-refractivity contribution in [2.75, 3.05) is 0 Å². The van der Waals surface area contributed by atoms with E-state index in [2.05, 4.69) is 16.9 Å². The zero-order valence-electron chi connectivity index (χ0n) is 13.6. The number of imidazole rings is 1. The predicted molar refractivity (Wildman–Crippen MR) is 85.5 cm³/mol. The Morgan fingerprint density at radius 3 is 2.39 bits per heavy atom. The molecule has 2 rings (SSSR count). The number of nitrogens with one attached hydrogen (secondary N) is 1. The van der Waals surface area contributed by atoms with Crippen LogP contribution < -0.4 is 5.73 Å². The lowest BCUT2D eigenvalue weighted by molar-refractivity contribution is 0.0993. The Kier molecular flexibility index (Phi) is 6.57. The fourth-order valence-electron chi connectivity index (χ4n) is 2.93. The maximum Gasteiger partial charge on any atom is 0.270 e. The van der Waals surface area contributed by atoms with E-state index in [1.165, 1.54) is 6.33 Å². The average Bonchev–Trinajstić information content (AvgIpc) is 2.84. The number of nitrogens with two attached hydrogens (primary N) is 1. The highest BCUT2D eigenvalue weighted by molar-refractivity contribution is 7.86. The number of primary amides is 1. The number of aromatic hydroxyl groups is 1. The molecule has 5 N–H and O–H groups in total. The van der Waals surface area contributed by atoms with Crippen LogP contribution in [0.4, 0.5) is 0 Å². The van der Waals surface area contributed by atoms with E-state index < -0.39 is 21.3 Å². The summed E-state index contributed by atoms with van der Waals surface area (Å²) in [7, 11) is -3.85. The first-order valence-corrected chi connectivity index (χ1v) is 9.02. The van der Waals surface area contributed by atoms with Gasteiger partial charge in [-0.2, -0.15) is 8.42 Å². The van der Waals surface area contributed by atoms with Gasteiger partial charge in [0.15, 0.2) is 5.69 Å². The second-order valence-electron chi connectivity index (χ2n) is 6.34. The van der Waals surface area contributed by atoms with Crippen molar-refractivity contribution in [1.29, 1.82) is 0 Å². The first-order chi connectivity index (χ1) is 10.5. The Balaban J connectivity index is 0.000000253. The SMILES string of the molecule is CC1CCC(C(C)C)C(S(=O)(=O)O)C1.NC(=O)c1[nH]cnc1O. The van der Waals surface area contributed by atoms with Crippen molar-refractivity contribution in [1.82, 2.24) is 9.97 Å². The lowest BCUT2D eigenvalue weighted by Crippen LogP contribution is -2.37. The van der Waals surface area contributed by atoms with Gasteiger partial charge in [0.05, 0.1) is 11.6 Å². The summed E-state index contributed by atoms with van der Waals surface area (Å²) in [6, 6.07) is 0. The van der Waals surface area contributed by atoms with E-state index in [0.717, 1.165) is 12.8 Å². The molecule has 1 aromatic heterocycles. The van der Waals surface area contributed by atoms with Gasteiger partial charge in [0.1, 0.15) is 0 Å². The number of carbonyl (C=O) groups excluding carboxylic acids is 1. The van der Waals surface area contributed by atoms with Crippen LogP contribution in [0.3, 0.4) is 0 Å². The number of rotatable bonds is 3. The molecule has 1 heterocycles. The second-order valence-corrected chi connectivity index (χ2v) is 7.98. The van der Waals surface area contributed by atoms with Crippen LogP contribution in [-0.2, 0) is 10.1 Å². The number of aromatic nitrogens is 2. The standard InChI is InChI=1S/C10H20O3S.C4H5N3O2/c1-7(2)9-5-4-8(3)6-10(9)14(11,12)13;5-3(8)2-4(9)7-1-6-2/h7-10H,4-6H2,1-3H3,(H,11,12,13);1,9H,(H2,5,8)(H,6,7). The molecule has 0 spiro atoms. The minimum absolute atomic E-state index is 0.0602. The molecule has 3 unspecified atom stereocenters. The second kappa shape index (κ2) is 7.78. The van der Waals surface area contributed by atoms with Gasteiger partial charge in [0, 0.05) is 0 Å². The lowest BCUT2D eigenvalue weighted by Gasteiger charge is -2.35. The van der Waals surface area contributed by atoms with Crippen molar-refractivity contribution >= 4 is 16.0 Å². The summed E-state index contributed by atoms with van der Waals surface area (Å²) in [6.45, 7) is 6.10. The molecule has 132 valence electrons. The molecule has 1 aliphatic carbocycles. The van der Waals surface area contributed by atoms with Crippen LogP contribution in [0.5, 0.6) is 5.88 Å². The zero-order chi connectivity index (χ0) is 17.8. The Hall–Kier alpha value is -1.61. The molecular weight excluding hydrogens is 322 g/mol. The number of H-pyrrole nitrogens is 1. The van der Waals surface area contributed by atoms with Crippen LogP contribution in [0.1, 0.15) is 50.5 Å². The fourth-order valence-corrected chi connectivity index (χ4v) is 4.39. The van der Waals surface area contributed by atoms with Crippen molar-refractivity contribution in [3.05, 3.63) is 12.0 Å². The molecule has 9 heteroatoms. The Morgan fingerprint density at radius 1 is 1.43 bits per heavy atom. The molecule has 0 aromatic carbocycles. The summed E-state index contributed by atoms with van der Waals surface area (Å²) in [4.78, 5) is 16.0. The molecule has 23 heavy (non-hydrogen) atoms. The van der Waals surface area contributed by atoms with Crippen LogP contribution in [-0.4, -0.2) is 39.2 Å². The van der Waals surface area contributed by atoms with Crippen LogP contribution in [0.15, 0.2) is 6.33 Å². The van der Waals surface area contributed by atoms with Crippen molar-refractivity contribution in [2.45, 2.75) is 45.3 Å². The topological polar surface area (TPSA) is 146 Å². The average molecular weight is 347 g/mol. The first kappa shape index (κ1) is 19.4. The minimum Gasteiger partial charge on any atom is -0.492 e. The summed E-state index contributed by atoms with van der Waals surface area (Å²) >= 11 is 0. The highest BCUT2D eigenvalue weighted by atomic mass is 32.2. The molecule has 3 atom stereocenters. The summed E-state index contributed by atoms with van der Waals surface area (Å²) in [5.41, 5.74) is 4.73. The molecule has 8 nitrogen and oxygen atoms in total. The van der Waals surface area contributed by atoms with Gasteiger partial charge in [-0.05, 0) is 30.6 Å². The Morgan fingerprint density at radius 2 is 2.04 bits per heavy atom. The molecule has 1 fully saturated rings. The third-order valence-electron chi connectivity index (χ3n) is 4.21. The van der Waals surface area contributed by atoms with Gasteiger partial charge in [-0.3, -0.25) is 9.35 Å². The van der Waals surface area contributed by atoms with E-state index in [1.54, 1.807) is 0 Å². The Bertz CT molecular complexity index is 626. The normalized spacial score (nSPS) is 24.8. The molecule has 0 saturated heterocycles. The first-order valence-electron chi connectivity index (χ1n) is 7.52. The molecular formula is C14H25N3O5S. The van der Waals surface area contributed by atoms with Crippen molar-refractivity contribution in [3.8, 4) is 5.88 Å². The molecule has 0 bridgehead atoms. The van der Waals surface area contributed by atoms with E-state index in [9.17, 15) is 13.2 Å². The van der Waals surface area contributed by atoms with Crippen LogP contribution in [0.2, 0.25) is 0 Å². The summed E-state index contributed by atoms with van der Waals surface area (Å²) in [6.07, 6.45) is 3.80. The van der Waals surface area contributed by atoms with Gasteiger partial charge < -0.3 is 15.8 Å². The number of aromatic amines is 1. The molecule has 1 aliphatic rings. The minimum atomic E-state index is -3.85. The maximum absolute atomic E-state index is 11.2. The summed E-state index contributed by atoms with van der Waals surface area (Å²) < 4.78 is 31.6. The highest BCUT2D eigenvalue weighted by Gasteiger charge is 2.38. The summed E-state index contributed by atoms with van der Waals surface area (Å²) in [5, 5.41) is 8.14. The van der Waals surface area contributed by atoms with Gasteiger partial charge in [-0.1, -0.05) is 27.2 Å². The van der Waals surface area contributed by atoms with E-state index >= 15 is 0 Å². The monoisotopic (exact) mass is 347 g/mol. The van der Waals surface area contributed by atoms with E-state index in [1.807, 2.05) is 13.8 Å². The van der Waals surface area contributed by atoms with Gasteiger partial charge in [0.25, 0.3) is 16.0 Å². The third-order valence-corrected chi connectivity index (χ3v) is 5.52. The van der Waals surface area contributed by atoms with Crippen LogP contribution in [0.25, 0.3) is 0 Å². The van der Waals surface area contributed by atoms with Crippen molar-refractivity contribution < 1.29 is 22.9 Å². The number of nitrogens with zero attached hydrogens (tertiary/aromatic N) is 1. The zero-order valence-corrected chi connectivity index (χ0v) is 14.4. The lowest BCUT2D eigenvalue weighted by atomic mass is 9.77. The van der Waals surface area contributed by atoms with E-state index in [-0.39, 0.29) is 17.5 Å². The Labute approximate surface area is 136 Å². The molecule has 1 amide bonds. The summed E-state index contributed by atoms with van der Waals surface area (Å²) in [5.74, 6) is -0.208. The molecule has 1 saturated carbocycles. The smallest absolute Gasteiger partial charge is 0.270 e. The maximum atomic E-state index is 11.2. The van der Waals surface area contributed by atoms with Gasteiger partial charge >= 0.3 is 0 Å². The number of carbonyl (C=O) groups is 1. The molecule has 0 radical (unpaired) electrons. The van der Waals surface area contributed by atoms with E-state index in [0.29, 0.717) is 18.3 Å².